The van der Waals surface area contributed by atoms with E-state index in [0.29, 0.717) is 11.1 Å². The predicted molar refractivity (Wildman–Crippen MR) is 98.5 cm³/mol. The van der Waals surface area contributed by atoms with E-state index in [1.54, 1.807) is 43.4 Å². The highest BCUT2D eigenvalue weighted by Gasteiger charge is 2.22. The molecular formula is C20H23FN2O3. The lowest BCUT2D eigenvalue weighted by Gasteiger charge is -2.21. The molecule has 0 aliphatic carbocycles. The van der Waals surface area contributed by atoms with Gasteiger partial charge >= 0.3 is 5.97 Å². The fourth-order valence-corrected chi connectivity index (χ4v) is 2.47. The van der Waals surface area contributed by atoms with Gasteiger partial charge in [-0.2, -0.15) is 0 Å². The number of anilines is 1. The molecular weight excluding hydrogens is 335 g/mol. The fourth-order valence-electron chi connectivity index (χ4n) is 2.47. The zero-order chi connectivity index (χ0) is 19.3. The second-order valence-corrected chi connectivity index (χ2v) is 6.31. The first kappa shape index (κ1) is 19.4. The number of hydrogen-bond donors (Lipinski definition) is 0. The maximum Gasteiger partial charge on any atom is 0.338 e. The molecule has 0 saturated heterocycles. The summed E-state index contributed by atoms with van der Waals surface area (Å²) in [5, 5.41) is 0. The first-order chi connectivity index (χ1) is 12.3. The van der Waals surface area contributed by atoms with Gasteiger partial charge in [0.1, 0.15) is 5.82 Å². The summed E-state index contributed by atoms with van der Waals surface area (Å²) < 4.78 is 18.5. The number of nitrogens with zero attached hydrogens (tertiary/aromatic N) is 2. The lowest BCUT2D eigenvalue weighted by molar-refractivity contribution is -0.139. The highest BCUT2D eigenvalue weighted by molar-refractivity contribution is 5.92. The molecule has 5 nitrogen and oxygen atoms in total. The average molecular weight is 358 g/mol. The van der Waals surface area contributed by atoms with Crippen LogP contribution in [0.5, 0.6) is 0 Å². The number of ether oxygens (including phenoxy) is 1. The van der Waals surface area contributed by atoms with Gasteiger partial charge in [0.05, 0.1) is 5.56 Å². The van der Waals surface area contributed by atoms with E-state index >= 15 is 0 Å². The summed E-state index contributed by atoms with van der Waals surface area (Å²) in [5.74, 6) is -1.27. The number of amides is 1. The van der Waals surface area contributed by atoms with Crippen molar-refractivity contribution in [3.8, 4) is 0 Å². The minimum atomic E-state index is -0.936. The summed E-state index contributed by atoms with van der Waals surface area (Å²) in [4.78, 5) is 27.9. The van der Waals surface area contributed by atoms with E-state index in [1.807, 2.05) is 19.0 Å². The average Bonchev–Trinajstić information content (AvgIpc) is 2.61. The number of carbonyl (C=O) groups is 2. The zero-order valence-electron chi connectivity index (χ0n) is 15.4. The van der Waals surface area contributed by atoms with E-state index < -0.39 is 12.1 Å². The Balaban J connectivity index is 1.95. The maximum absolute atomic E-state index is 13.2. The SMILES string of the molecule is C[C@H](OC(=O)c1ccc(N(C)C)cc1)C(=O)N(C)Cc1cccc(F)c1. The summed E-state index contributed by atoms with van der Waals surface area (Å²) >= 11 is 0. The standard InChI is InChI=1S/C20H23FN2O3/c1-14(19(24)23(4)13-15-6-5-7-17(21)12-15)26-20(25)16-8-10-18(11-9-16)22(2)3/h5-12,14H,13H2,1-4H3/t14-/m0/s1. The minimum Gasteiger partial charge on any atom is -0.449 e. The van der Waals surface area contributed by atoms with Crippen LogP contribution in [0.25, 0.3) is 0 Å². The lowest BCUT2D eigenvalue weighted by atomic mass is 10.2. The number of halogens is 1. The summed E-state index contributed by atoms with van der Waals surface area (Å²) in [6.45, 7) is 1.76. The molecule has 0 aromatic heterocycles. The Bertz CT molecular complexity index is 775. The fraction of sp³-hybridized carbons (Fsp3) is 0.300. The van der Waals surface area contributed by atoms with Crippen LogP contribution in [0.2, 0.25) is 0 Å². The van der Waals surface area contributed by atoms with Crippen molar-refractivity contribution >= 4 is 17.6 Å². The van der Waals surface area contributed by atoms with Gasteiger partial charge in [0.15, 0.2) is 6.10 Å². The van der Waals surface area contributed by atoms with Gasteiger partial charge in [-0.15, -0.1) is 0 Å². The van der Waals surface area contributed by atoms with Crippen molar-refractivity contribution < 1.29 is 18.7 Å². The molecule has 2 aromatic rings. The number of benzene rings is 2. The summed E-state index contributed by atoms with van der Waals surface area (Å²) in [6, 6.07) is 13.0. The smallest absolute Gasteiger partial charge is 0.338 e. The summed E-state index contributed by atoms with van der Waals surface area (Å²) in [6.07, 6.45) is -0.936. The molecule has 0 N–H and O–H groups in total. The molecule has 0 bridgehead atoms. The number of likely N-dealkylation sites (N-methyl/N-ethyl adjacent to an activating group) is 1. The van der Waals surface area contributed by atoms with Crippen LogP contribution in [0.3, 0.4) is 0 Å². The quantitative estimate of drug-likeness (QED) is 0.745. The Morgan fingerprint density at radius 2 is 1.73 bits per heavy atom. The largest absolute Gasteiger partial charge is 0.449 e. The zero-order valence-corrected chi connectivity index (χ0v) is 15.4. The molecule has 1 atom stereocenters. The Morgan fingerprint density at radius 3 is 2.31 bits per heavy atom. The highest BCUT2D eigenvalue weighted by atomic mass is 19.1. The van der Waals surface area contributed by atoms with Crippen LogP contribution in [-0.4, -0.2) is 44.0 Å². The van der Waals surface area contributed by atoms with Crippen LogP contribution in [-0.2, 0) is 16.1 Å². The molecule has 0 spiro atoms. The third-order valence-corrected chi connectivity index (χ3v) is 3.94. The van der Waals surface area contributed by atoms with E-state index in [-0.39, 0.29) is 18.3 Å². The molecule has 0 aliphatic heterocycles. The van der Waals surface area contributed by atoms with Gasteiger partial charge in [-0.05, 0) is 48.9 Å². The van der Waals surface area contributed by atoms with E-state index in [0.717, 1.165) is 5.69 Å². The molecule has 2 aromatic carbocycles. The van der Waals surface area contributed by atoms with Crippen molar-refractivity contribution in [2.75, 3.05) is 26.0 Å². The van der Waals surface area contributed by atoms with E-state index in [2.05, 4.69) is 0 Å². The Hall–Kier alpha value is -2.89. The molecule has 1 amide bonds. The first-order valence-corrected chi connectivity index (χ1v) is 8.25. The Morgan fingerprint density at radius 1 is 1.08 bits per heavy atom. The topological polar surface area (TPSA) is 49.9 Å². The van der Waals surface area contributed by atoms with Crippen molar-refractivity contribution in [1.82, 2.24) is 4.90 Å². The van der Waals surface area contributed by atoms with Crippen LogP contribution in [0, 0.1) is 5.82 Å². The monoisotopic (exact) mass is 358 g/mol. The molecule has 2 rings (SSSR count). The third kappa shape index (κ3) is 5.05. The van der Waals surface area contributed by atoms with Crippen LogP contribution in [0.1, 0.15) is 22.8 Å². The van der Waals surface area contributed by atoms with Crippen molar-refractivity contribution in [3.63, 3.8) is 0 Å². The van der Waals surface area contributed by atoms with Gasteiger partial charge in [0.2, 0.25) is 0 Å². The summed E-state index contributed by atoms with van der Waals surface area (Å²) in [5.41, 5.74) is 2.00. The molecule has 26 heavy (non-hydrogen) atoms. The van der Waals surface area contributed by atoms with Crippen molar-refractivity contribution in [3.05, 3.63) is 65.5 Å². The van der Waals surface area contributed by atoms with Gasteiger partial charge in [-0.1, -0.05) is 12.1 Å². The molecule has 0 aliphatic rings. The number of esters is 1. The normalized spacial score (nSPS) is 11.6. The molecule has 0 fully saturated rings. The first-order valence-electron chi connectivity index (χ1n) is 8.25. The maximum atomic E-state index is 13.2. The van der Waals surface area contributed by atoms with Crippen molar-refractivity contribution in [2.24, 2.45) is 0 Å². The van der Waals surface area contributed by atoms with Crippen LogP contribution >= 0.6 is 0 Å². The molecule has 0 radical (unpaired) electrons. The molecule has 138 valence electrons. The number of hydrogen-bond acceptors (Lipinski definition) is 4. The third-order valence-electron chi connectivity index (χ3n) is 3.94. The van der Waals surface area contributed by atoms with Crippen molar-refractivity contribution in [1.29, 1.82) is 0 Å². The number of carbonyl (C=O) groups excluding carboxylic acids is 2. The van der Waals surface area contributed by atoms with Gasteiger partial charge < -0.3 is 14.5 Å². The van der Waals surface area contributed by atoms with Gasteiger partial charge in [-0.3, -0.25) is 4.79 Å². The Labute approximate surface area is 153 Å². The lowest BCUT2D eigenvalue weighted by Crippen LogP contribution is -2.37. The molecule has 0 saturated carbocycles. The van der Waals surface area contributed by atoms with Crippen LogP contribution in [0.4, 0.5) is 10.1 Å². The van der Waals surface area contributed by atoms with Crippen LogP contribution < -0.4 is 4.90 Å². The summed E-state index contributed by atoms with van der Waals surface area (Å²) in [7, 11) is 5.40. The highest BCUT2D eigenvalue weighted by Crippen LogP contribution is 2.14. The molecule has 6 heteroatoms. The second kappa shape index (κ2) is 8.47. The van der Waals surface area contributed by atoms with E-state index in [1.165, 1.54) is 24.0 Å². The van der Waals surface area contributed by atoms with E-state index in [4.69, 9.17) is 4.74 Å². The van der Waals surface area contributed by atoms with Gasteiger partial charge in [0, 0.05) is 33.4 Å². The minimum absolute atomic E-state index is 0.232. The molecule has 0 heterocycles. The second-order valence-electron chi connectivity index (χ2n) is 6.31. The number of rotatable bonds is 6. The van der Waals surface area contributed by atoms with Crippen LogP contribution in [0.15, 0.2) is 48.5 Å². The predicted octanol–water partition coefficient (Wildman–Crippen LogP) is 3.10. The van der Waals surface area contributed by atoms with Gasteiger partial charge in [-0.25, -0.2) is 9.18 Å². The van der Waals surface area contributed by atoms with Gasteiger partial charge in [0.25, 0.3) is 5.91 Å². The Kier molecular flexibility index (Phi) is 6.33. The molecule has 0 unspecified atom stereocenters. The van der Waals surface area contributed by atoms with E-state index in [9.17, 15) is 14.0 Å². The van der Waals surface area contributed by atoms with Crippen molar-refractivity contribution in [2.45, 2.75) is 19.6 Å².